The quantitative estimate of drug-likeness (QED) is 0.513. The van der Waals surface area contributed by atoms with Crippen LogP contribution >= 0.6 is 0 Å². The van der Waals surface area contributed by atoms with Crippen molar-refractivity contribution in [2.24, 2.45) is 39.9 Å². The van der Waals surface area contributed by atoms with Gasteiger partial charge >= 0.3 is 0 Å². The molecule has 2 nitrogen and oxygen atoms in total. The van der Waals surface area contributed by atoms with Crippen LogP contribution in [0.1, 0.15) is 91.9 Å². The second-order valence-electron chi connectivity index (χ2n) is 11.9. The highest BCUT2D eigenvalue weighted by atomic mass is 16.7. The maximum atomic E-state index is 6.60. The van der Waals surface area contributed by atoms with Crippen LogP contribution in [0, 0.1) is 39.9 Å². The number of hydrogen-bond donors (Lipinski definition) is 0. The lowest BCUT2D eigenvalue weighted by Gasteiger charge is -2.62. The second-order valence-corrected chi connectivity index (χ2v) is 11.9. The van der Waals surface area contributed by atoms with Gasteiger partial charge in [0, 0.05) is 17.3 Å². The molecule has 1 saturated heterocycles. The Morgan fingerprint density at radius 1 is 0.692 bits per heavy atom. The van der Waals surface area contributed by atoms with Gasteiger partial charge in [0.05, 0.1) is 13.2 Å². The van der Waals surface area contributed by atoms with Crippen molar-refractivity contribution < 1.29 is 9.47 Å². The summed E-state index contributed by atoms with van der Waals surface area (Å²) in [5, 5.41) is 0. The minimum Gasteiger partial charge on any atom is -0.349 e. The minimum atomic E-state index is -0.275. The lowest BCUT2D eigenvalue weighted by molar-refractivity contribution is -0.348. The molecule has 5 fully saturated rings. The summed E-state index contributed by atoms with van der Waals surface area (Å²) in [6.45, 7) is 11.5. The molecule has 1 heterocycles. The van der Waals surface area contributed by atoms with E-state index in [0.29, 0.717) is 5.41 Å². The van der Waals surface area contributed by atoms with Gasteiger partial charge in [-0.2, -0.15) is 0 Å². The van der Waals surface area contributed by atoms with E-state index >= 15 is 0 Å². The Kier molecular flexibility index (Phi) is 3.96. The molecule has 0 bridgehead atoms. The van der Waals surface area contributed by atoms with Gasteiger partial charge in [0.2, 0.25) is 0 Å². The van der Waals surface area contributed by atoms with Gasteiger partial charge in [-0.05, 0) is 74.0 Å². The van der Waals surface area contributed by atoms with Crippen molar-refractivity contribution in [3.63, 3.8) is 0 Å². The standard InChI is InChI=1S/C24H40O2/c1-21(2)15-25-24(26-16-21)14-11-20-18-9-8-17-7-5-6-12-22(17,3)19(18)10-13-23(20,24)4/h17-20H,5-16H2,1-4H3. The molecular formula is C24H40O2. The molecule has 0 aromatic heterocycles. The molecule has 0 amide bonds. The summed E-state index contributed by atoms with van der Waals surface area (Å²) in [5.74, 6) is 3.45. The monoisotopic (exact) mass is 360 g/mol. The molecule has 6 unspecified atom stereocenters. The average molecular weight is 361 g/mol. The molecule has 0 N–H and O–H groups in total. The SMILES string of the molecule is CC1(C)COC2(CCC3C4CCC5CCCCC5(C)C4CCC32C)OC1. The molecule has 0 aromatic carbocycles. The van der Waals surface area contributed by atoms with E-state index in [2.05, 4.69) is 27.7 Å². The first kappa shape index (κ1) is 18.0. The predicted molar refractivity (Wildman–Crippen MR) is 105 cm³/mol. The number of rotatable bonds is 0. The highest BCUT2D eigenvalue weighted by Gasteiger charge is 2.67. The molecule has 6 atom stereocenters. The smallest absolute Gasteiger partial charge is 0.173 e. The van der Waals surface area contributed by atoms with Crippen LogP contribution in [0.2, 0.25) is 0 Å². The molecule has 0 aromatic rings. The third-order valence-corrected chi connectivity index (χ3v) is 10.0. The molecule has 26 heavy (non-hydrogen) atoms. The van der Waals surface area contributed by atoms with Gasteiger partial charge in [-0.15, -0.1) is 0 Å². The first-order chi connectivity index (χ1) is 12.3. The van der Waals surface area contributed by atoms with E-state index in [9.17, 15) is 0 Å². The Labute approximate surface area is 160 Å². The van der Waals surface area contributed by atoms with Crippen LogP contribution < -0.4 is 0 Å². The van der Waals surface area contributed by atoms with E-state index in [1.807, 2.05) is 0 Å². The first-order valence-electron chi connectivity index (χ1n) is 11.6. The van der Waals surface area contributed by atoms with E-state index < -0.39 is 0 Å². The van der Waals surface area contributed by atoms with Gasteiger partial charge in [-0.25, -0.2) is 0 Å². The van der Waals surface area contributed by atoms with Crippen molar-refractivity contribution in [2.45, 2.75) is 97.7 Å². The molecule has 1 aliphatic heterocycles. The summed E-state index contributed by atoms with van der Waals surface area (Å²) in [5.41, 5.74) is 1.04. The zero-order chi connectivity index (χ0) is 18.2. The second kappa shape index (κ2) is 5.72. The largest absolute Gasteiger partial charge is 0.349 e. The summed E-state index contributed by atoms with van der Waals surface area (Å²) in [6, 6.07) is 0. The fraction of sp³-hybridized carbons (Fsp3) is 1.00. The topological polar surface area (TPSA) is 18.5 Å². The Balaban J connectivity index is 1.42. The van der Waals surface area contributed by atoms with Crippen molar-refractivity contribution in [1.29, 1.82) is 0 Å². The van der Waals surface area contributed by atoms with Gasteiger partial charge in [-0.3, -0.25) is 0 Å². The highest BCUT2D eigenvalue weighted by Crippen LogP contribution is 2.69. The van der Waals surface area contributed by atoms with Crippen molar-refractivity contribution in [2.75, 3.05) is 13.2 Å². The van der Waals surface area contributed by atoms with Gasteiger partial charge in [0.25, 0.3) is 0 Å². The summed E-state index contributed by atoms with van der Waals surface area (Å²) >= 11 is 0. The van der Waals surface area contributed by atoms with Crippen LogP contribution in [-0.2, 0) is 9.47 Å². The van der Waals surface area contributed by atoms with E-state index in [1.165, 1.54) is 57.8 Å². The normalized spacial score (nSPS) is 52.2. The van der Waals surface area contributed by atoms with Gasteiger partial charge in [0.1, 0.15) is 0 Å². The maximum absolute atomic E-state index is 6.60. The summed E-state index contributed by atoms with van der Waals surface area (Å²) in [7, 11) is 0. The molecule has 4 saturated carbocycles. The van der Waals surface area contributed by atoms with E-state index in [-0.39, 0.29) is 16.6 Å². The average Bonchev–Trinajstić information content (AvgIpc) is 2.90. The summed E-state index contributed by atoms with van der Waals surface area (Å²) in [4.78, 5) is 0. The van der Waals surface area contributed by atoms with Gasteiger partial charge < -0.3 is 9.47 Å². The van der Waals surface area contributed by atoms with Crippen molar-refractivity contribution >= 4 is 0 Å². The summed E-state index contributed by atoms with van der Waals surface area (Å²) in [6.07, 6.45) is 14.1. The first-order valence-corrected chi connectivity index (χ1v) is 11.6. The van der Waals surface area contributed by atoms with Crippen LogP contribution in [0.3, 0.4) is 0 Å². The highest BCUT2D eigenvalue weighted by molar-refractivity contribution is 5.12. The Bertz CT molecular complexity index is 559. The minimum absolute atomic E-state index is 0.171. The number of hydrogen-bond acceptors (Lipinski definition) is 2. The molecule has 2 heteroatoms. The Morgan fingerprint density at radius 2 is 1.42 bits per heavy atom. The molecule has 5 rings (SSSR count). The molecule has 1 spiro atoms. The molecule has 5 aliphatic rings. The van der Waals surface area contributed by atoms with Crippen LogP contribution in [-0.4, -0.2) is 19.0 Å². The van der Waals surface area contributed by atoms with Gasteiger partial charge in [0.15, 0.2) is 5.79 Å². The van der Waals surface area contributed by atoms with E-state index in [0.717, 1.165) is 43.3 Å². The fourth-order valence-corrected chi connectivity index (χ4v) is 8.43. The van der Waals surface area contributed by atoms with Crippen molar-refractivity contribution in [3.8, 4) is 0 Å². The Morgan fingerprint density at radius 3 is 2.19 bits per heavy atom. The fourth-order valence-electron chi connectivity index (χ4n) is 8.43. The van der Waals surface area contributed by atoms with E-state index in [4.69, 9.17) is 9.47 Å². The lowest BCUT2D eigenvalue weighted by Crippen LogP contribution is -2.60. The van der Waals surface area contributed by atoms with Crippen LogP contribution in [0.5, 0.6) is 0 Å². The third-order valence-electron chi connectivity index (χ3n) is 10.0. The third kappa shape index (κ3) is 2.30. The number of ether oxygens (including phenoxy) is 2. The van der Waals surface area contributed by atoms with Crippen molar-refractivity contribution in [3.05, 3.63) is 0 Å². The zero-order valence-electron chi connectivity index (χ0n) is 17.6. The number of fused-ring (bicyclic) bond motifs is 6. The van der Waals surface area contributed by atoms with Gasteiger partial charge in [-0.1, -0.05) is 40.5 Å². The molecule has 148 valence electrons. The molecule has 4 aliphatic carbocycles. The molecular weight excluding hydrogens is 320 g/mol. The van der Waals surface area contributed by atoms with Crippen molar-refractivity contribution in [1.82, 2.24) is 0 Å². The van der Waals surface area contributed by atoms with E-state index in [1.54, 1.807) is 0 Å². The Hall–Kier alpha value is -0.0800. The van der Waals surface area contributed by atoms with Crippen LogP contribution in [0.4, 0.5) is 0 Å². The maximum Gasteiger partial charge on any atom is 0.173 e. The zero-order valence-corrected chi connectivity index (χ0v) is 17.6. The predicted octanol–water partition coefficient (Wildman–Crippen LogP) is 6.19. The lowest BCUT2D eigenvalue weighted by atomic mass is 9.45. The molecule has 0 radical (unpaired) electrons. The summed E-state index contributed by atoms with van der Waals surface area (Å²) < 4.78 is 13.2. The van der Waals surface area contributed by atoms with Crippen LogP contribution in [0.25, 0.3) is 0 Å². The van der Waals surface area contributed by atoms with Crippen LogP contribution in [0.15, 0.2) is 0 Å².